The Kier molecular flexibility index (Phi) is 6.92. The quantitative estimate of drug-likeness (QED) is 0.440. The minimum atomic E-state index is -0.377. The summed E-state index contributed by atoms with van der Waals surface area (Å²) in [5.41, 5.74) is 0.877. The maximum Gasteiger partial charge on any atom is 0.250 e. The Morgan fingerprint density at radius 1 is 1.32 bits per heavy atom. The van der Waals surface area contributed by atoms with Crippen molar-refractivity contribution in [2.75, 3.05) is 26.1 Å². The number of ketones is 1. The second-order valence-corrected chi connectivity index (χ2v) is 6.30. The van der Waals surface area contributed by atoms with E-state index in [1.807, 2.05) is 6.26 Å². The zero-order valence-electron chi connectivity index (χ0n) is 14.1. The van der Waals surface area contributed by atoms with Crippen LogP contribution < -0.4 is 5.56 Å². The second kappa shape index (κ2) is 8.94. The molecule has 7 heteroatoms. The molecule has 134 valence electrons. The molecule has 0 aliphatic carbocycles. The average molecular weight is 365 g/mol. The van der Waals surface area contributed by atoms with Gasteiger partial charge < -0.3 is 14.4 Å². The Morgan fingerprint density at radius 2 is 2.08 bits per heavy atom. The van der Waals surface area contributed by atoms with Crippen molar-refractivity contribution in [2.24, 2.45) is 7.05 Å². The van der Waals surface area contributed by atoms with Crippen LogP contribution in [0.15, 0.2) is 40.0 Å². The minimum absolute atomic E-state index is 0.0532. The predicted octanol–water partition coefficient (Wildman–Crippen LogP) is 2.03. The largest absolute Gasteiger partial charge is 0.394 e. The van der Waals surface area contributed by atoms with Gasteiger partial charge >= 0.3 is 0 Å². The maximum absolute atomic E-state index is 14.3. The van der Waals surface area contributed by atoms with Crippen molar-refractivity contribution < 1.29 is 19.0 Å². The molecule has 0 atom stereocenters. The third-order valence-electron chi connectivity index (χ3n) is 3.83. The van der Waals surface area contributed by atoms with E-state index in [1.54, 1.807) is 19.2 Å². The molecule has 0 aliphatic heterocycles. The molecule has 0 amide bonds. The number of hydrogen-bond donors (Lipinski definition) is 1. The van der Waals surface area contributed by atoms with Crippen LogP contribution in [0.1, 0.15) is 21.6 Å². The smallest absolute Gasteiger partial charge is 0.250 e. The number of Topliss-reactive ketones (excluding diaryl/α,β-unsaturated/α-hetero) is 1. The van der Waals surface area contributed by atoms with E-state index in [0.717, 1.165) is 4.90 Å². The van der Waals surface area contributed by atoms with E-state index in [-0.39, 0.29) is 43.4 Å². The lowest BCUT2D eigenvalue weighted by Gasteiger charge is -2.14. The van der Waals surface area contributed by atoms with Gasteiger partial charge in [-0.15, -0.1) is 11.8 Å². The zero-order chi connectivity index (χ0) is 18.4. The van der Waals surface area contributed by atoms with Crippen LogP contribution in [0.25, 0.3) is 0 Å². The SMILES string of the molecule is CSc1ccc(Cc2c(C(=O)COCCO)ccc(=O)n2C)c(F)c1. The Hall–Kier alpha value is -1.96. The molecule has 2 aromatic rings. The molecule has 0 aliphatic rings. The second-order valence-electron chi connectivity index (χ2n) is 5.42. The molecule has 0 spiro atoms. The molecule has 25 heavy (non-hydrogen) atoms. The van der Waals surface area contributed by atoms with Crippen molar-refractivity contribution in [2.45, 2.75) is 11.3 Å². The molecule has 5 nitrogen and oxygen atoms in total. The van der Waals surface area contributed by atoms with Gasteiger partial charge in [0.2, 0.25) is 0 Å². The standard InChI is InChI=1S/C18H20FNO4S/c1-20-16(9-12-3-4-13(25-2)10-15(12)19)14(5-6-18(20)23)17(22)11-24-8-7-21/h3-6,10,21H,7-9,11H2,1-2H3. The normalized spacial score (nSPS) is 10.9. The van der Waals surface area contributed by atoms with Crippen molar-refractivity contribution >= 4 is 17.5 Å². The van der Waals surface area contributed by atoms with E-state index in [1.165, 1.54) is 34.5 Å². The molecule has 1 N–H and O–H groups in total. The summed E-state index contributed by atoms with van der Waals surface area (Å²) in [4.78, 5) is 25.1. The third-order valence-corrected chi connectivity index (χ3v) is 4.55. The van der Waals surface area contributed by atoms with Crippen LogP contribution in [-0.4, -0.2) is 41.5 Å². The van der Waals surface area contributed by atoms with Crippen LogP contribution in [0, 0.1) is 5.82 Å². The molecule has 0 bridgehead atoms. The molecule has 0 radical (unpaired) electrons. The van der Waals surface area contributed by atoms with Crippen LogP contribution in [0.5, 0.6) is 0 Å². The Balaban J connectivity index is 2.37. The summed E-state index contributed by atoms with van der Waals surface area (Å²) in [5.74, 6) is -0.696. The van der Waals surface area contributed by atoms with Gasteiger partial charge in [0.25, 0.3) is 5.56 Å². The van der Waals surface area contributed by atoms with Crippen molar-refractivity contribution in [1.29, 1.82) is 0 Å². The van der Waals surface area contributed by atoms with E-state index in [2.05, 4.69) is 0 Å². The molecular weight excluding hydrogens is 345 g/mol. The topological polar surface area (TPSA) is 68.5 Å². The first kappa shape index (κ1) is 19.4. The molecular formula is C18H20FNO4S. The number of halogens is 1. The number of carbonyl (C=O) groups is 1. The highest BCUT2D eigenvalue weighted by Crippen LogP contribution is 2.21. The highest BCUT2D eigenvalue weighted by Gasteiger charge is 2.17. The number of carbonyl (C=O) groups excluding carboxylic acids is 1. The Bertz CT molecular complexity index is 819. The van der Waals surface area contributed by atoms with Crippen molar-refractivity contribution in [3.05, 3.63) is 63.3 Å². The summed E-state index contributed by atoms with van der Waals surface area (Å²) in [6.07, 6.45) is 1.98. The number of aliphatic hydroxyl groups is 1. The number of pyridine rings is 1. The van der Waals surface area contributed by atoms with Gasteiger partial charge in [-0.2, -0.15) is 0 Å². The van der Waals surface area contributed by atoms with Gasteiger partial charge in [0.05, 0.1) is 13.2 Å². The molecule has 2 rings (SSSR count). The van der Waals surface area contributed by atoms with Crippen molar-refractivity contribution in [3.63, 3.8) is 0 Å². The van der Waals surface area contributed by atoms with Crippen molar-refractivity contribution in [3.8, 4) is 0 Å². The molecule has 1 heterocycles. The fourth-order valence-electron chi connectivity index (χ4n) is 2.43. The number of rotatable bonds is 8. The number of aromatic nitrogens is 1. The summed E-state index contributed by atoms with van der Waals surface area (Å²) in [5, 5.41) is 8.73. The summed E-state index contributed by atoms with van der Waals surface area (Å²) in [6.45, 7) is -0.336. The molecule has 0 unspecified atom stereocenters. The van der Waals surface area contributed by atoms with Gasteiger partial charge in [0.1, 0.15) is 12.4 Å². The van der Waals surface area contributed by atoms with Gasteiger partial charge in [0.15, 0.2) is 5.78 Å². The Morgan fingerprint density at radius 3 is 2.72 bits per heavy atom. The summed E-state index contributed by atoms with van der Waals surface area (Å²) < 4.78 is 20.7. The van der Waals surface area contributed by atoms with Gasteiger partial charge in [-0.1, -0.05) is 6.07 Å². The lowest BCUT2D eigenvalue weighted by atomic mass is 10.0. The van der Waals surface area contributed by atoms with Crippen LogP contribution in [0.4, 0.5) is 4.39 Å². The number of benzene rings is 1. The van der Waals surface area contributed by atoms with E-state index in [4.69, 9.17) is 9.84 Å². The number of hydrogen-bond acceptors (Lipinski definition) is 5. The highest BCUT2D eigenvalue weighted by atomic mass is 32.2. The van der Waals surface area contributed by atoms with Gasteiger partial charge in [-0.25, -0.2) is 4.39 Å². The number of thioether (sulfide) groups is 1. The predicted molar refractivity (Wildman–Crippen MR) is 94.9 cm³/mol. The van der Waals surface area contributed by atoms with Gasteiger partial charge in [-0.05, 0) is 30.0 Å². The van der Waals surface area contributed by atoms with E-state index in [0.29, 0.717) is 16.8 Å². The van der Waals surface area contributed by atoms with Gasteiger partial charge in [0, 0.05) is 35.7 Å². The van der Waals surface area contributed by atoms with Crippen LogP contribution in [-0.2, 0) is 18.2 Å². The average Bonchev–Trinajstić information content (AvgIpc) is 2.60. The Labute approximate surface area is 149 Å². The minimum Gasteiger partial charge on any atom is -0.394 e. The summed E-state index contributed by atoms with van der Waals surface area (Å²) in [6, 6.07) is 7.64. The third kappa shape index (κ3) is 4.78. The summed E-state index contributed by atoms with van der Waals surface area (Å²) in [7, 11) is 1.55. The maximum atomic E-state index is 14.3. The number of nitrogens with zero attached hydrogens (tertiary/aromatic N) is 1. The zero-order valence-corrected chi connectivity index (χ0v) is 14.9. The first-order valence-corrected chi connectivity index (χ1v) is 8.93. The monoisotopic (exact) mass is 365 g/mol. The fourth-order valence-corrected chi connectivity index (χ4v) is 2.86. The lowest BCUT2D eigenvalue weighted by Crippen LogP contribution is -2.24. The van der Waals surface area contributed by atoms with Crippen molar-refractivity contribution in [1.82, 2.24) is 4.57 Å². The molecule has 1 aromatic carbocycles. The van der Waals surface area contributed by atoms with Gasteiger partial charge in [-0.3, -0.25) is 9.59 Å². The lowest BCUT2D eigenvalue weighted by molar-refractivity contribution is 0.0662. The molecule has 0 saturated heterocycles. The number of ether oxygens (including phenoxy) is 1. The number of aliphatic hydroxyl groups excluding tert-OH is 1. The van der Waals surface area contributed by atoms with Crippen LogP contribution >= 0.6 is 11.8 Å². The van der Waals surface area contributed by atoms with E-state index >= 15 is 0 Å². The van der Waals surface area contributed by atoms with Crippen LogP contribution in [0.3, 0.4) is 0 Å². The highest BCUT2D eigenvalue weighted by molar-refractivity contribution is 7.98. The first-order valence-electron chi connectivity index (χ1n) is 7.71. The van der Waals surface area contributed by atoms with Crippen LogP contribution in [0.2, 0.25) is 0 Å². The molecule has 0 fully saturated rings. The molecule has 0 saturated carbocycles. The fraction of sp³-hybridized carbons (Fsp3) is 0.333. The summed E-state index contributed by atoms with van der Waals surface area (Å²) >= 11 is 1.44. The van der Waals surface area contributed by atoms with E-state index in [9.17, 15) is 14.0 Å². The first-order chi connectivity index (χ1) is 12.0. The van der Waals surface area contributed by atoms with E-state index < -0.39 is 0 Å². The molecule has 1 aromatic heterocycles.